The van der Waals surface area contributed by atoms with E-state index in [9.17, 15) is 4.79 Å². The summed E-state index contributed by atoms with van der Waals surface area (Å²) in [5, 5.41) is 12.5. The second kappa shape index (κ2) is 11.3. The van der Waals surface area contributed by atoms with Gasteiger partial charge >= 0.3 is 0 Å². The number of aryl methyl sites for hydroxylation is 1. The average Bonchev–Trinajstić information content (AvgIpc) is 3.58. The largest absolute Gasteiger partial charge is 0.378 e. The number of benzene rings is 2. The Kier molecular flexibility index (Phi) is 7.72. The van der Waals surface area contributed by atoms with Gasteiger partial charge in [-0.05, 0) is 95.1 Å². The fourth-order valence-corrected chi connectivity index (χ4v) is 6.21. The van der Waals surface area contributed by atoms with Crippen LogP contribution < -0.4 is 10.2 Å². The average molecular weight is 592 g/mol. The first-order valence-corrected chi connectivity index (χ1v) is 14.9. The highest BCUT2D eigenvalue weighted by Crippen LogP contribution is 2.38. The van der Waals surface area contributed by atoms with Crippen molar-refractivity contribution in [1.82, 2.24) is 24.5 Å². The molecule has 2 aliphatic heterocycles. The summed E-state index contributed by atoms with van der Waals surface area (Å²) in [7, 11) is 2.15. The van der Waals surface area contributed by atoms with Gasteiger partial charge in [0.05, 0.1) is 54.1 Å². The molecule has 2 aliphatic rings. The number of carbonyl (C=O) groups excluding carboxylic acids is 1. The predicted octanol–water partition coefficient (Wildman–Crippen LogP) is 5.60. The van der Waals surface area contributed by atoms with Gasteiger partial charge in [0.25, 0.3) is 5.91 Å². The number of hydrogen-bond acceptors (Lipinski definition) is 6. The van der Waals surface area contributed by atoms with Crippen molar-refractivity contribution >= 4 is 28.2 Å². The number of piperidine rings is 1. The molecule has 4 aromatic rings. The second-order valence-corrected chi connectivity index (χ2v) is 12.7. The molecule has 2 saturated heterocycles. The van der Waals surface area contributed by atoms with Gasteiger partial charge in [0, 0.05) is 25.0 Å². The van der Waals surface area contributed by atoms with Crippen LogP contribution in [0.25, 0.3) is 22.0 Å². The van der Waals surface area contributed by atoms with Gasteiger partial charge < -0.3 is 19.9 Å². The number of halogens is 2. The van der Waals surface area contributed by atoms with Crippen LogP contribution in [0.3, 0.4) is 0 Å². The van der Waals surface area contributed by atoms with E-state index < -0.39 is 23.2 Å². The lowest BCUT2D eigenvalue weighted by Crippen LogP contribution is -2.37. The van der Waals surface area contributed by atoms with Crippen molar-refractivity contribution in [3.8, 4) is 11.1 Å². The van der Waals surface area contributed by atoms with Gasteiger partial charge in [-0.2, -0.15) is 14.6 Å². The van der Waals surface area contributed by atoms with Crippen molar-refractivity contribution in [1.29, 1.82) is 0 Å². The predicted molar refractivity (Wildman–Crippen MR) is 164 cm³/mol. The third kappa shape index (κ3) is 5.63. The van der Waals surface area contributed by atoms with Crippen molar-refractivity contribution < 1.29 is 18.3 Å². The Morgan fingerprint density at radius 2 is 1.81 bits per heavy atom. The molecule has 6 rings (SSSR count). The minimum atomic E-state index is -0.764. The summed E-state index contributed by atoms with van der Waals surface area (Å²) >= 11 is 0. The summed E-state index contributed by atoms with van der Waals surface area (Å²) in [5.41, 5.74) is 3.60. The first-order chi connectivity index (χ1) is 20.5. The molecular weight excluding hydrogens is 552 g/mol. The quantitative estimate of drug-likeness (QED) is 0.326. The van der Waals surface area contributed by atoms with Gasteiger partial charge in [-0.1, -0.05) is 0 Å². The number of hydrogen-bond donors (Lipinski definition) is 1. The zero-order valence-corrected chi connectivity index (χ0v) is 25.5. The zero-order valence-electron chi connectivity index (χ0n) is 25.5. The first-order valence-electron chi connectivity index (χ1n) is 14.9. The lowest BCUT2D eigenvalue weighted by molar-refractivity contribution is 0.102. The maximum atomic E-state index is 15.2. The maximum absolute atomic E-state index is 15.2. The van der Waals surface area contributed by atoms with Gasteiger partial charge in [0.15, 0.2) is 0 Å². The molecule has 11 heteroatoms. The van der Waals surface area contributed by atoms with Crippen molar-refractivity contribution in [2.45, 2.75) is 52.1 Å². The van der Waals surface area contributed by atoms with Crippen LogP contribution in [0, 0.1) is 18.7 Å². The van der Waals surface area contributed by atoms with Gasteiger partial charge in [-0.3, -0.25) is 9.48 Å². The number of nitrogens with one attached hydrogen (secondary N) is 1. The molecule has 0 radical (unpaired) electrons. The number of ether oxygens (including phenoxy) is 1. The summed E-state index contributed by atoms with van der Waals surface area (Å²) in [6, 6.07) is 7.52. The highest BCUT2D eigenvalue weighted by molar-refractivity contribution is 6.05. The summed E-state index contributed by atoms with van der Waals surface area (Å²) < 4.78 is 39.2. The lowest BCUT2D eigenvalue weighted by atomic mass is 9.97. The Morgan fingerprint density at radius 3 is 2.51 bits per heavy atom. The molecule has 0 unspecified atom stereocenters. The fraction of sp³-hybridized carbons (Fsp3) is 0.469. The molecule has 0 bridgehead atoms. The van der Waals surface area contributed by atoms with Gasteiger partial charge in [-0.25, -0.2) is 9.07 Å². The van der Waals surface area contributed by atoms with E-state index in [1.165, 1.54) is 12.3 Å². The summed E-state index contributed by atoms with van der Waals surface area (Å²) in [5.74, 6) is -2.12. The summed E-state index contributed by atoms with van der Waals surface area (Å²) in [6.45, 7) is 12.0. The number of carbonyl (C=O) groups is 1. The molecule has 2 aromatic heterocycles. The normalized spacial score (nSPS) is 18.4. The van der Waals surface area contributed by atoms with Crippen LogP contribution in [0.2, 0.25) is 0 Å². The van der Waals surface area contributed by atoms with Gasteiger partial charge in [-0.15, -0.1) is 0 Å². The Labute approximate surface area is 250 Å². The molecular formula is C32H39F2N7O2. The van der Waals surface area contributed by atoms with Crippen LogP contribution in [0.1, 0.15) is 55.6 Å². The van der Waals surface area contributed by atoms with E-state index in [0.717, 1.165) is 77.0 Å². The van der Waals surface area contributed by atoms with E-state index in [2.05, 4.69) is 44.1 Å². The van der Waals surface area contributed by atoms with E-state index >= 15 is 8.78 Å². The zero-order chi connectivity index (χ0) is 30.5. The van der Waals surface area contributed by atoms with Crippen LogP contribution in [0.15, 0.2) is 36.7 Å². The SMILES string of the molecule is Cc1cc(F)c(NC(=O)c2cnn(C(C)(C)C)c2F)cc1-c1cc(N2CCOCC2)c2c(cnn2[C@@H]2CCCN(C)C2)c1. The molecule has 0 saturated carbocycles. The molecule has 2 aromatic carbocycles. The summed E-state index contributed by atoms with van der Waals surface area (Å²) in [6.07, 6.45) is 5.28. The van der Waals surface area contributed by atoms with Crippen LogP contribution in [-0.2, 0) is 10.3 Å². The highest BCUT2D eigenvalue weighted by atomic mass is 19.1. The van der Waals surface area contributed by atoms with Crippen LogP contribution in [0.5, 0.6) is 0 Å². The molecule has 228 valence electrons. The summed E-state index contributed by atoms with van der Waals surface area (Å²) in [4.78, 5) is 17.7. The molecule has 2 fully saturated rings. The molecule has 1 N–H and O–H groups in total. The number of likely N-dealkylation sites (N-methyl/N-ethyl adjacent to an activating group) is 1. The number of anilines is 2. The van der Waals surface area contributed by atoms with E-state index in [1.807, 2.05) is 13.1 Å². The Balaban J connectivity index is 1.40. The monoisotopic (exact) mass is 591 g/mol. The maximum Gasteiger partial charge on any atom is 0.262 e. The molecule has 1 amide bonds. The van der Waals surface area contributed by atoms with Gasteiger partial charge in [0.2, 0.25) is 5.95 Å². The minimum absolute atomic E-state index is 0.0255. The van der Waals surface area contributed by atoms with E-state index in [4.69, 9.17) is 9.84 Å². The van der Waals surface area contributed by atoms with Crippen molar-refractivity contribution in [2.24, 2.45) is 0 Å². The van der Waals surface area contributed by atoms with E-state index in [0.29, 0.717) is 13.2 Å². The Bertz CT molecular complexity index is 1670. The van der Waals surface area contributed by atoms with E-state index in [-0.39, 0.29) is 17.3 Å². The highest BCUT2D eigenvalue weighted by Gasteiger charge is 2.27. The number of amides is 1. The van der Waals surface area contributed by atoms with Crippen molar-refractivity contribution in [2.75, 3.05) is 56.7 Å². The minimum Gasteiger partial charge on any atom is -0.378 e. The standard InChI is InChI=1S/C32H39F2N7O2/c1-20-13-26(33)27(37-31(42)25-18-36-41(30(25)34)32(2,3)4)16-24(20)21-14-22-17-35-40(23-7-6-8-38(5)19-23)29(22)28(15-21)39-9-11-43-12-10-39/h13-18,23H,6-12,19H2,1-5H3,(H,37,42)/t23-/m1/s1. The molecule has 1 atom stereocenters. The molecule has 4 heterocycles. The van der Waals surface area contributed by atoms with Crippen molar-refractivity contribution in [3.05, 3.63) is 59.6 Å². The van der Waals surface area contributed by atoms with Crippen molar-refractivity contribution in [3.63, 3.8) is 0 Å². The third-order valence-corrected chi connectivity index (χ3v) is 8.43. The molecule has 9 nitrogen and oxygen atoms in total. The van der Waals surface area contributed by atoms with Gasteiger partial charge in [0.1, 0.15) is 11.4 Å². The topological polar surface area (TPSA) is 80.5 Å². The van der Waals surface area contributed by atoms with Crippen LogP contribution in [-0.4, -0.2) is 76.8 Å². The smallest absolute Gasteiger partial charge is 0.262 e. The Hall–Kier alpha value is -3.83. The number of fused-ring (bicyclic) bond motifs is 1. The van der Waals surface area contributed by atoms with Crippen LogP contribution in [0.4, 0.5) is 20.2 Å². The number of aromatic nitrogens is 4. The molecule has 43 heavy (non-hydrogen) atoms. The fourth-order valence-electron chi connectivity index (χ4n) is 6.21. The number of rotatable bonds is 5. The van der Waals surface area contributed by atoms with E-state index in [1.54, 1.807) is 26.8 Å². The molecule has 0 spiro atoms. The van der Waals surface area contributed by atoms with Crippen LogP contribution >= 0.6 is 0 Å². The number of likely N-dealkylation sites (tertiary alicyclic amines) is 1. The third-order valence-electron chi connectivity index (χ3n) is 8.43. The lowest BCUT2D eigenvalue weighted by Gasteiger charge is -2.33. The Morgan fingerprint density at radius 1 is 1.05 bits per heavy atom. The number of nitrogens with zero attached hydrogens (tertiary/aromatic N) is 6. The number of morpholine rings is 1. The second-order valence-electron chi connectivity index (χ2n) is 12.7. The first kappa shape index (κ1) is 29.3. The molecule has 0 aliphatic carbocycles.